The third-order valence-corrected chi connectivity index (χ3v) is 4.44. The minimum atomic E-state index is -0.0103. The number of hydrogen-bond donors (Lipinski definition) is 2. The zero-order valence-corrected chi connectivity index (χ0v) is 15.2. The molecule has 140 valence electrons. The third kappa shape index (κ3) is 5.31. The van der Waals surface area contributed by atoms with E-state index in [0.717, 1.165) is 62.7 Å². The molecular weight excluding hydrogens is 332 g/mol. The molecule has 0 atom stereocenters. The number of benzene rings is 1. The molecule has 2 heterocycles. The van der Waals surface area contributed by atoms with E-state index in [9.17, 15) is 4.79 Å². The maximum Gasteiger partial charge on any atom is 0.225 e. The number of H-pyrrole nitrogens is 1. The SMILES string of the molecule is COc1ccc(-c2cc(NC(=O)CCCN3CCCOCC3)n[nH]2)cc1. The van der Waals surface area contributed by atoms with E-state index in [2.05, 4.69) is 20.4 Å². The van der Waals surface area contributed by atoms with Crippen molar-refractivity contribution in [3.63, 3.8) is 0 Å². The minimum absolute atomic E-state index is 0.0103. The molecule has 0 spiro atoms. The molecule has 7 nitrogen and oxygen atoms in total. The summed E-state index contributed by atoms with van der Waals surface area (Å²) in [7, 11) is 1.64. The number of amides is 1. The Hall–Kier alpha value is -2.38. The summed E-state index contributed by atoms with van der Waals surface area (Å²) in [4.78, 5) is 14.5. The molecule has 0 radical (unpaired) electrons. The zero-order valence-electron chi connectivity index (χ0n) is 15.2. The summed E-state index contributed by atoms with van der Waals surface area (Å²) in [6.45, 7) is 4.55. The number of nitrogens with one attached hydrogen (secondary N) is 2. The van der Waals surface area contributed by atoms with Gasteiger partial charge < -0.3 is 19.7 Å². The smallest absolute Gasteiger partial charge is 0.225 e. The van der Waals surface area contributed by atoms with Gasteiger partial charge in [0.25, 0.3) is 0 Å². The quantitative estimate of drug-likeness (QED) is 0.795. The molecule has 7 heteroatoms. The first-order chi connectivity index (χ1) is 12.7. The molecule has 1 aliphatic rings. The van der Waals surface area contributed by atoms with Gasteiger partial charge in [0.05, 0.1) is 19.4 Å². The Labute approximate surface area is 153 Å². The fraction of sp³-hybridized carbons (Fsp3) is 0.474. The Bertz CT molecular complexity index is 691. The van der Waals surface area contributed by atoms with E-state index in [4.69, 9.17) is 9.47 Å². The average molecular weight is 358 g/mol. The van der Waals surface area contributed by atoms with Crippen LogP contribution >= 0.6 is 0 Å². The Morgan fingerprint density at radius 1 is 1.31 bits per heavy atom. The van der Waals surface area contributed by atoms with Crippen LogP contribution in [0.25, 0.3) is 11.3 Å². The number of methoxy groups -OCH3 is 1. The highest BCUT2D eigenvalue weighted by Gasteiger charge is 2.11. The van der Waals surface area contributed by atoms with Crippen molar-refractivity contribution in [2.75, 3.05) is 45.3 Å². The Morgan fingerprint density at radius 3 is 2.96 bits per heavy atom. The first-order valence-corrected chi connectivity index (χ1v) is 9.04. The molecule has 2 N–H and O–H groups in total. The van der Waals surface area contributed by atoms with Gasteiger partial charge in [-0.25, -0.2) is 0 Å². The molecule has 1 aromatic carbocycles. The molecule has 1 fully saturated rings. The Morgan fingerprint density at radius 2 is 2.15 bits per heavy atom. The van der Waals surface area contributed by atoms with Crippen molar-refractivity contribution in [2.24, 2.45) is 0 Å². The maximum atomic E-state index is 12.1. The number of anilines is 1. The molecule has 1 saturated heterocycles. The number of aromatic nitrogens is 2. The molecule has 2 aromatic rings. The second-order valence-corrected chi connectivity index (χ2v) is 6.35. The standard InChI is InChI=1S/C19H26N4O3/c1-25-16-7-5-15(6-8-16)17-14-18(22-21-17)20-19(24)4-2-9-23-10-3-12-26-13-11-23/h5-8,14H,2-4,9-13H2,1H3,(H2,20,21,22,24). The molecule has 3 rings (SSSR count). The van der Waals surface area contributed by atoms with Crippen LogP contribution in [0.1, 0.15) is 19.3 Å². The highest BCUT2D eigenvalue weighted by atomic mass is 16.5. The van der Waals surface area contributed by atoms with E-state index >= 15 is 0 Å². The second kappa shape index (κ2) is 9.35. The maximum absolute atomic E-state index is 12.1. The number of carbonyl (C=O) groups excluding carboxylic acids is 1. The van der Waals surface area contributed by atoms with Gasteiger partial charge in [0.2, 0.25) is 5.91 Å². The highest BCUT2D eigenvalue weighted by molar-refractivity contribution is 5.90. The van der Waals surface area contributed by atoms with Gasteiger partial charge >= 0.3 is 0 Å². The fourth-order valence-electron chi connectivity index (χ4n) is 2.99. The fourth-order valence-corrected chi connectivity index (χ4v) is 2.99. The predicted octanol–water partition coefficient (Wildman–Crippen LogP) is 2.53. The van der Waals surface area contributed by atoms with Gasteiger partial charge in [-0.2, -0.15) is 5.10 Å². The van der Waals surface area contributed by atoms with Crippen molar-refractivity contribution in [2.45, 2.75) is 19.3 Å². The monoisotopic (exact) mass is 358 g/mol. The molecule has 1 amide bonds. The summed E-state index contributed by atoms with van der Waals surface area (Å²) in [6, 6.07) is 9.52. The van der Waals surface area contributed by atoms with Crippen LogP contribution in [-0.2, 0) is 9.53 Å². The first kappa shape index (κ1) is 18.4. The van der Waals surface area contributed by atoms with Crippen LogP contribution in [0.15, 0.2) is 30.3 Å². The topological polar surface area (TPSA) is 79.5 Å². The van der Waals surface area contributed by atoms with Crippen molar-refractivity contribution >= 4 is 11.7 Å². The zero-order chi connectivity index (χ0) is 18.2. The molecule has 26 heavy (non-hydrogen) atoms. The summed E-state index contributed by atoms with van der Waals surface area (Å²) >= 11 is 0. The van der Waals surface area contributed by atoms with Crippen molar-refractivity contribution in [1.82, 2.24) is 15.1 Å². The van der Waals surface area contributed by atoms with Crippen LogP contribution in [-0.4, -0.2) is 61.0 Å². The van der Waals surface area contributed by atoms with E-state index in [0.29, 0.717) is 12.2 Å². The van der Waals surface area contributed by atoms with Gasteiger partial charge in [-0.15, -0.1) is 0 Å². The molecular formula is C19H26N4O3. The van der Waals surface area contributed by atoms with Crippen LogP contribution in [0, 0.1) is 0 Å². The molecule has 0 saturated carbocycles. The number of nitrogens with zero attached hydrogens (tertiary/aromatic N) is 2. The lowest BCUT2D eigenvalue weighted by Crippen LogP contribution is -2.28. The minimum Gasteiger partial charge on any atom is -0.497 e. The van der Waals surface area contributed by atoms with E-state index in [-0.39, 0.29) is 5.91 Å². The largest absolute Gasteiger partial charge is 0.497 e. The molecule has 1 aromatic heterocycles. The number of aromatic amines is 1. The summed E-state index contributed by atoms with van der Waals surface area (Å²) in [6.07, 6.45) is 2.39. The summed E-state index contributed by atoms with van der Waals surface area (Å²) in [5.41, 5.74) is 1.84. The summed E-state index contributed by atoms with van der Waals surface area (Å²) in [5.74, 6) is 1.34. The first-order valence-electron chi connectivity index (χ1n) is 9.04. The van der Waals surface area contributed by atoms with Gasteiger partial charge in [0.1, 0.15) is 5.75 Å². The summed E-state index contributed by atoms with van der Waals surface area (Å²) in [5, 5.41) is 9.98. The van der Waals surface area contributed by atoms with Crippen LogP contribution in [0.4, 0.5) is 5.82 Å². The van der Waals surface area contributed by atoms with Crippen LogP contribution in [0.3, 0.4) is 0 Å². The lowest BCUT2D eigenvalue weighted by Gasteiger charge is -2.18. The van der Waals surface area contributed by atoms with Crippen LogP contribution in [0.5, 0.6) is 5.75 Å². The van der Waals surface area contributed by atoms with E-state index < -0.39 is 0 Å². The van der Waals surface area contributed by atoms with Crippen molar-refractivity contribution in [3.8, 4) is 17.0 Å². The highest BCUT2D eigenvalue weighted by Crippen LogP contribution is 2.22. The molecule has 0 unspecified atom stereocenters. The van der Waals surface area contributed by atoms with E-state index in [1.165, 1.54) is 0 Å². The average Bonchev–Trinajstić information content (AvgIpc) is 2.96. The lowest BCUT2D eigenvalue weighted by atomic mass is 10.1. The van der Waals surface area contributed by atoms with Crippen molar-refractivity contribution in [1.29, 1.82) is 0 Å². The Kier molecular flexibility index (Phi) is 6.62. The van der Waals surface area contributed by atoms with Crippen LogP contribution in [0.2, 0.25) is 0 Å². The van der Waals surface area contributed by atoms with Gasteiger partial charge in [0, 0.05) is 32.2 Å². The van der Waals surface area contributed by atoms with Gasteiger partial charge in [-0.3, -0.25) is 9.89 Å². The number of ether oxygens (including phenoxy) is 2. The third-order valence-electron chi connectivity index (χ3n) is 4.44. The predicted molar refractivity (Wildman–Crippen MR) is 100 cm³/mol. The molecule has 1 aliphatic heterocycles. The normalized spacial score (nSPS) is 15.4. The van der Waals surface area contributed by atoms with Gasteiger partial charge in [-0.05, 0) is 49.2 Å². The molecule has 0 aliphatic carbocycles. The lowest BCUT2D eigenvalue weighted by molar-refractivity contribution is -0.116. The van der Waals surface area contributed by atoms with Gasteiger partial charge in [0.15, 0.2) is 5.82 Å². The van der Waals surface area contributed by atoms with Crippen LogP contribution < -0.4 is 10.1 Å². The van der Waals surface area contributed by atoms with E-state index in [1.807, 2.05) is 30.3 Å². The number of carbonyl (C=O) groups is 1. The number of rotatable bonds is 7. The van der Waals surface area contributed by atoms with Crippen molar-refractivity contribution < 1.29 is 14.3 Å². The van der Waals surface area contributed by atoms with E-state index in [1.54, 1.807) is 7.11 Å². The van der Waals surface area contributed by atoms with Gasteiger partial charge in [-0.1, -0.05) is 0 Å². The molecule has 0 bridgehead atoms. The second-order valence-electron chi connectivity index (χ2n) is 6.35. The van der Waals surface area contributed by atoms with Crippen molar-refractivity contribution in [3.05, 3.63) is 30.3 Å². The number of hydrogen-bond acceptors (Lipinski definition) is 5. The Balaban J connectivity index is 1.44. The summed E-state index contributed by atoms with van der Waals surface area (Å²) < 4.78 is 10.6.